The van der Waals surface area contributed by atoms with Crippen LogP contribution < -0.4 is 4.74 Å². The molecule has 29 heavy (non-hydrogen) atoms. The lowest BCUT2D eigenvalue weighted by Gasteiger charge is -2.28. The molecule has 1 aromatic heterocycles. The number of rotatable bonds is 8. The van der Waals surface area contributed by atoms with Crippen LogP contribution in [0.15, 0.2) is 28.7 Å². The van der Waals surface area contributed by atoms with Crippen LogP contribution in [0.2, 0.25) is 0 Å². The molecule has 1 fully saturated rings. The summed E-state index contributed by atoms with van der Waals surface area (Å²) in [4.78, 5) is 16.8. The van der Waals surface area contributed by atoms with Crippen molar-refractivity contribution in [1.82, 2.24) is 4.98 Å². The van der Waals surface area contributed by atoms with Gasteiger partial charge in [-0.05, 0) is 43.4 Å². The highest BCUT2D eigenvalue weighted by Crippen LogP contribution is 2.32. The maximum absolute atomic E-state index is 12.6. The van der Waals surface area contributed by atoms with Crippen molar-refractivity contribution in [2.75, 3.05) is 12.9 Å². The number of methoxy groups -OCH3 is 1. The third kappa shape index (κ3) is 5.69. The highest BCUT2D eigenvalue weighted by molar-refractivity contribution is 7.91. The van der Waals surface area contributed by atoms with Crippen LogP contribution in [-0.4, -0.2) is 32.0 Å². The average Bonchev–Trinajstić information content (AvgIpc) is 3.03. The summed E-state index contributed by atoms with van der Waals surface area (Å²) in [5.41, 5.74) is 1.06. The van der Waals surface area contributed by atoms with Crippen molar-refractivity contribution in [3.8, 4) is 17.2 Å². The number of carbonyl (C=O) groups is 1. The molecular formula is C22H29NO5S. The van der Waals surface area contributed by atoms with E-state index in [2.05, 4.69) is 11.9 Å². The van der Waals surface area contributed by atoms with E-state index in [1.807, 2.05) is 18.2 Å². The first-order valence-corrected chi connectivity index (χ1v) is 11.9. The Kier molecular flexibility index (Phi) is 6.77. The Morgan fingerprint density at radius 2 is 2.03 bits per heavy atom. The first kappa shape index (κ1) is 21.6. The smallest absolute Gasteiger partial charge is 0.226 e. The number of sulfone groups is 1. The Morgan fingerprint density at radius 3 is 2.76 bits per heavy atom. The van der Waals surface area contributed by atoms with Crippen LogP contribution in [0.4, 0.5) is 0 Å². The third-order valence-corrected chi connectivity index (χ3v) is 7.20. The molecule has 1 heterocycles. The summed E-state index contributed by atoms with van der Waals surface area (Å²) in [6.07, 6.45) is 4.81. The molecule has 2 unspecified atom stereocenters. The van der Waals surface area contributed by atoms with Gasteiger partial charge in [-0.3, -0.25) is 4.79 Å². The number of benzene rings is 1. The van der Waals surface area contributed by atoms with Gasteiger partial charge in [0, 0.05) is 12.0 Å². The molecular weight excluding hydrogens is 390 g/mol. The van der Waals surface area contributed by atoms with Crippen molar-refractivity contribution >= 4 is 15.6 Å². The quantitative estimate of drug-likeness (QED) is 0.632. The van der Waals surface area contributed by atoms with Gasteiger partial charge in [-0.15, -0.1) is 0 Å². The van der Waals surface area contributed by atoms with Crippen molar-refractivity contribution in [2.45, 2.75) is 51.7 Å². The standard InChI is InChI=1S/C22H29NO5S/c1-15-7-4-5-8-17(15)11-19(24)13-29(25,26)14-21-16(2)28-22(23-21)18-9-6-10-20(12-18)27-3/h6,9-10,12,15,17H,4-5,7-8,11,13-14H2,1-3H3. The fourth-order valence-electron chi connectivity index (χ4n) is 3.99. The molecule has 0 spiro atoms. The second-order valence-corrected chi connectivity index (χ2v) is 10.1. The van der Waals surface area contributed by atoms with E-state index in [0.717, 1.165) is 19.3 Å². The van der Waals surface area contributed by atoms with E-state index >= 15 is 0 Å². The number of ether oxygens (including phenoxy) is 1. The normalized spacial score (nSPS) is 19.8. The number of aryl methyl sites for hydroxylation is 1. The second-order valence-electron chi connectivity index (χ2n) is 8.05. The third-order valence-electron chi connectivity index (χ3n) is 5.73. The molecule has 1 aromatic carbocycles. The largest absolute Gasteiger partial charge is 0.497 e. The first-order valence-electron chi connectivity index (χ1n) is 10.1. The second kappa shape index (κ2) is 9.11. The van der Waals surface area contributed by atoms with Crippen LogP contribution in [-0.2, 0) is 20.4 Å². The van der Waals surface area contributed by atoms with Crippen LogP contribution in [0.1, 0.15) is 50.5 Å². The number of oxazole rings is 1. The van der Waals surface area contributed by atoms with E-state index in [9.17, 15) is 13.2 Å². The molecule has 2 atom stereocenters. The van der Waals surface area contributed by atoms with E-state index < -0.39 is 15.6 Å². The number of aromatic nitrogens is 1. The van der Waals surface area contributed by atoms with Crippen LogP contribution >= 0.6 is 0 Å². The van der Waals surface area contributed by atoms with Crippen molar-refractivity contribution in [1.29, 1.82) is 0 Å². The SMILES string of the molecule is COc1cccc(-c2nc(CS(=O)(=O)CC(=O)CC3CCCCC3C)c(C)o2)c1. The highest BCUT2D eigenvalue weighted by atomic mass is 32.2. The lowest BCUT2D eigenvalue weighted by atomic mass is 9.78. The van der Waals surface area contributed by atoms with Gasteiger partial charge >= 0.3 is 0 Å². The zero-order valence-corrected chi connectivity index (χ0v) is 18.1. The number of hydrogen-bond donors (Lipinski definition) is 0. The zero-order chi connectivity index (χ0) is 21.0. The van der Waals surface area contributed by atoms with Gasteiger partial charge in [0.25, 0.3) is 0 Å². The monoisotopic (exact) mass is 419 g/mol. The molecule has 0 aliphatic heterocycles. The molecule has 1 aliphatic carbocycles. The Hall–Kier alpha value is -2.15. The number of nitrogens with zero attached hydrogens (tertiary/aromatic N) is 1. The predicted molar refractivity (Wildman–Crippen MR) is 111 cm³/mol. The summed E-state index contributed by atoms with van der Waals surface area (Å²) in [5.74, 6) is 1.31. The van der Waals surface area contributed by atoms with Gasteiger partial charge in [-0.2, -0.15) is 0 Å². The number of carbonyl (C=O) groups excluding carboxylic acids is 1. The molecule has 1 aliphatic rings. The number of hydrogen-bond acceptors (Lipinski definition) is 6. The van der Waals surface area contributed by atoms with Crippen molar-refractivity contribution in [3.63, 3.8) is 0 Å². The summed E-state index contributed by atoms with van der Waals surface area (Å²) >= 11 is 0. The molecule has 0 amide bonds. The molecule has 158 valence electrons. The molecule has 6 nitrogen and oxygen atoms in total. The lowest BCUT2D eigenvalue weighted by Crippen LogP contribution is -2.24. The Morgan fingerprint density at radius 1 is 1.28 bits per heavy atom. The predicted octanol–water partition coefficient (Wildman–Crippen LogP) is 4.36. The summed E-state index contributed by atoms with van der Waals surface area (Å²) in [6.45, 7) is 3.84. The van der Waals surface area contributed by atoms with Gasteiger partial charge in [0.15, 0.2) is 9.84 Å². The van der Waals surface area contributed by atoms with E-state index in [-0.39, 0.29) is 11.5 Å². The summed E-state index contributed by atoms with van der Waals surface area (Å²) < 4.78 is 36.1. The van der Waals surface area contributed by atoms with E-state index in [1.165, 1.54) is 6.42 Å². The first-order chi connectivity index (χ1) is 13.8. The highest BCUT2D eigenvalue weighted by Gasteiger charge is 2.27. The average molecular weight is 420 g/mol. The van der Waals surface area contributed by atoms with E-state index in [0.29, 0.717) is 46.9 Å². The van der Waals surface area contributed by atoms with Gasteiger partial charge < -0.3 is 9.15 Å². The maximum Gasteiger partial charge on any atom is 0.226 e. The summed E-state index contributed by atoms with van der Waals surface area (Å²) in [5, 5.41) is 0. The molecule has 2 aromatic rings. The Bertz CT molecular complexity index is 963. The summed E-state index contributed by atoms with van der Waals surface area (Å²) in [7, 11) is -2.03. The minimum Gasteiger partial charge on any atom is -0.497 e. The zero-order valence-electron chi connectivity index (χ0n) is 17.3. The van der Waals surface area contributed by atoms with Crippen LogP contribution in [0.3, 0.4) is 0 Å². The van der Waals surface area contributed by atoms with Gasteiger partial charge in [0.2, 0.25) is 5.89 Å². The van der Waals surface area contributed by atoms with Crippen LogP contribution in [0.5, 0.6) is 5.75 Å². The molecule has 0 N–H and O–H groups in total. The lowest BCUT2D eigenvalue weighted by molar-refractivity contribution is -0.118. The van der Waals surface area contributed by atoms with Crippen LogP contribution in [0, 0.1) is 18.8 Å². The topological polar surface area (TPSA) is 86.5 Å². The molecule has 1 saturated carbocycles. The minimum absolute atomic E-state index is 0.196. The van der Waals surface area contributed by atoms with E-state index in [1.54, 1.807) is 20.1 Å². The maximum atomic E-state index is 12.6. The summed E-state index contributed by atoms with van der Waals surface area (Å²) in [6, 6.07) is 7.22. The Labute approximate surface area is 172 Å². The number of Topliss-reactive ketones (excluding diaryl/α,β-unsaturated/α-hetero) is 1. The van der Waals surface area contributed by atoms with Gasteiger partial charge in [-0.1, -0.05) is 32.3 Å². The molecule has 0 saturated heterocycles. The van der Waals surface area contributed by atoms with Crippen molar-refractivity contribution in [3.05, 3.63) is 35.7 Å². The van der Waals surface area contributed by atoms with Gasteiger partial charge in [0.1, 0.15) is 23.0 Å². The molecule has 7 heteroatoms. The van der Waals surface area contributed by atoms with Crippen molar-refractivity contribution in [2.24, 2.45) is 11.8 Å². The van der Waals surface area contributed by atoms with E-state index in [4.69, 9.17) is 9.15 Å². The van der Waals surface area contributed by atoms with Gasteiger partial charge in [0.05, 0.1) is 18.6 Å². The van der Waals surface area contributed by atoms with Crippen LogP contribution in [0.25, 0.3) is 11.5 Å². The molecule has 0 bridgehead atoms. The van der Waals surface area contributed by atoms with Gasteiger partial charge in [-0.25, -0.2) is 13.4 Å². The van der Waals surface area contributed by atoms with Crippen molar-refractivity contribution < 1.29 is 22.4 Å². The molecule has 0 radical (unpaired) electrons. The minimum atomic E-state index is -3.60. The molecule has 3 rings (SSSR count). The number of ketones is 1. The fraction of sp³-hybridized carbons (Fsp3) is 0.545. The Balaban J connectivity index is 1.67. The fourth-order valence-corrected chi connectivity index (χ4v) is 5.39.